The van der Waals surface area contributed by atoms with Crippen molar-refractivity contribution in [1.82, 2.24) is 0 Å². The van der Waals surface area contributed by atoms with Crippen LogP contribution in [0.1, 0.15) is 23.6 Å². The molecule has 1 aliphatic rings. The predicted molar refractivity (Wildman–Crippen MR) is 171 cm³/mol. The van der Waals surface area contributed by atoms with Gasteiger partial charge in [-0.3, -0.25) is 0 Å². The van der Waals surface area contributed by atoms with Crippen LogP contribution >= 0.6 is 0 Å². The summed E-state index contributed by atoms with van der Waals surface area (Å²) in [5.74, 6) is 2.97. The van der Waals surface area contributed by atoms with Crippen LogP contribution in [0, 0.1) is 0 Å². The minimum absolute atomic E-state index is 0.0560. The molecule has 0 bridgehead atoms. The summed E-state index contributed by atoms with van der Waals surface area (Å²) in [6, 6.07) is 39.6. The summed E-state index contributed by atoms with van der Waals surface area (Å²) in [7, 11) is 0. The van der Waals surface area contributed by atoms with E-state index in [9.17, 15) is 10.2 Å². The molecule has 0 amide bonds. The van der Waals surface area contributed by atoms with E-state index in [2.05, 4.69) is 104 Å². The van der Waals surface area contributed by atoms with E-state index in [1.165, 1.54) is 5.56 Å². The van der Waals surface area contributed by atoms with Gasteiger partial charge < -0.3 is 24.4 Å². The molecule has 0 saturated carbocycles. The van der Waals surface area contributed by atoms with Crippen LogP contribution in [0.2, 0.25) is 0 Å². The Labute approximate surface area is 250 Å². The smallest absolute Gasteiger partial charge is 0.132 e. The lowest BCUT2D eigenvalue weighted by atomic mass is 9.66. The second-order valence-electron chi connectivity index (χ2n) is 11.0. The standard InChI is InChI=1S/C38H32O5/c1-38(29-13-7-26(8-14-29)25-5-3-2-4-6-25)36-32-23-30(41-21-19-39)15-9-27(32)11-17-34(36)43-35-18-12-28-10-16-31(42-22-20-40)24-33(28)37(35)38/h2-18,23-24,39-40H,19-22H2,1H3. The molecule has 43 heavy (non-hydrogen) atoms. The average molecular weight is 569 g/mol. The van der Waals surface area contributed by atoms with Crippen LogP contribution in [0.25, 0.3) is 32.7 Å². The fourth-order valence-corrected chi connectivity index (χ4v) is 6.42. The highest BCUT2D eigenvalue weighted by atomic mass is 16.5. The van der Waals surface area contributed by atoms with Crippen molar-refractivity contribution in [2.45, 2.75) is 12.3 Å². The highest BCUT2D eigenvalue weighted by molar-refractivity contribution is 5.97. The first kappa shape index (κ1) is 27.0. The Morgan fingerprint density at radius 1 is 0.581 bits per heavy atom. The summed E-state index contributed by atoms with van der Waals surface area (Å²) in [5, 5.41) is 23.0. The Balaban J connectivity index is 1.51. The third kappa shape index (κ3) is 4.67. The highest BCUT2D eigenvalue weighted by Crippen LogP contribution is 2.56. The third-order valence-electron chi connectivity index (χ3n) is 8.42. The van der Waals surface area contributed by atoms with Gasteiger partial charge in [0.15, 0.2) is 0 Å². The molecule has 6 aromatic carbocycles. The molecule has 0 fully saturated rings. The van der Waals surface area contributed by atoms with Gasteiger partial charge in [0.25, 0.3) is 0 Å². The first-order valence-electron chi connectivity index (χ1n) is 14.6. The molecule has 5 heteroatoms. The van der Waals surface area contributed by atoms with Crippen molar-refractivity contribution in [3.63, 3.8) is 0 Å². The van der Waals surface area contributed by atoms with E-state index < -0.39 is 5.41 Å². The second-order valence-corrected chi connectivity index (χ2v) is 11.0. The zero-order valence-corrected chi connectivity index (χ0v) is 23.9. The number of ether oxygens (including phenoxy) is 3. The van der Waals surface area contributed by atoms with Gasteiger partial charge in [-0.15, -0.1) is 0 Å². The van der Waals surface area contributed by atoms with E-state index >= 15 is 0 Å². The van der Waals surface area contributed by atoms with E-state index in [4.69, 9.17) is 14.2 Å². The number of hydrogen-bond donors (Lipinski definition) is 2. The Bertz CT molecular complexity index is 1830. The second kappa shape index (κ2) is 11.1. The van der Waals surface area contributed by atoms with Gasteiger partial charge in [0, 0.05) is 11.1 Å². The number of rotatable bonds is 8. The molecule has 0 aliphatic carbocycles. The van der Waals surface area contributed by atoms with Gasteiger partial charge in [-0.05, 0) is 81.6 Å². The lowest BCUT2D eigenvalue weighted by Gasteiger charge is -2.40. The number of aliphatic hydroxyl groups excluding tert-OH is 2. The molecule has 1 heterocycles. The molecule has 0 unspecified atom stereocenters. The van der Waals surface area contributed by atoms with Gasteiger partial charge in [0.1, 0.15) is 36.2 Å². The van der Waals surface area contributed by atoms with Gasteiger partial charge in [-0.25, -0.2) is 0 Å². The predicted octanol–water partition coefficient (Wildman–Crippen LogP) is 7.86. The van der Waals surface area contributed by atoms with Crippen LogP contribution < -0.4 is 14.2 Å². The molecule has 6 aromatic rings. The molecule has 0 aromatic heterocycles. The van der Waals surface area contributed by atoms with Crippen molar-refractivity contribution in [3.8, 4) is 34.1 Å². The van der Waals surface area contributed by atoms with E-state index in [0.29, 0.717) is 11.5 Å². The lowest BCUT2D eigenvalue weighted by Crippen LogP contribution is -2.30. The van der Waals surface area contributed by atoms with E-state index in [1.54, 1.807) is 0 Å². The Morgan fingerprint density at radius 2 is 1.07 bits per heavy atom. The van der Waals surface area contributed by atoms with Gasteiger partial charge in [-0.2, -0.15) is 0 Å². The van der Waals surface area contributed by atoms with Crippen LogP contribution in [0.4, 0.5) is 0 Å². The number of aliphatic hydroxyl groups is 2. The molecule has 0 saturated heterocycles. The Kier molecular flexibility index (Phi) is 6.98. The minimum atomic E-state index is -0.623. The monoisotopic (exact) mass is 568 g/mol. The van der Waals surface area contributed by atoms with E-state index in [1.807, 2.05) is 18.2 Å². The summed E-state index contributed by atoms with van der Waals surface area (Å²) in [6.07, 6.45) is 0. The van der Waals surface area contributed by atoms with Gasteiger partial charge in [0.05, 0.1) is 18.6 Å². The van der Waals surface area contributed by atoms with Crippen molar-refractivity contribution >= 4 is 21.5 Å². The molecule has 0 spiro atoms. The maximum absolute atomic E-state index is 9.39. The molecule has 1 aliphatic heterocycles. The van der Waals surface area contributed by atoms with Crippen molar-refractivity contribution in [3.05, 3.63) is 132 Å². The van der Waals surface area contributed by atoms with Crippen molar-refractivity contribution in [2.75, 3.05) is 26.4 Å². The molecular formula is C38H32O5. The topological polar surface area (TPSA) is 68.2 Å². The first-order chi connectivity index (χ1) is 21.1. The van der Waals surface area contributed by atoms with Crippen LogP contribution in [0.15, 0.2) is 115 Å². The van der Waals surface area contributed by atoms with Crippen molar-refractivity contribution < 1.29 is 24.4 Å². The number of hydrogen-bond acceptors (Lipinski definition) is 5. The van der Waals surface area contributed by atoms with Crippen LogP contribution in [0.5, 0.6) is 23.0 Å². The lowest BCUT2D eigenvalue weighted by molar-refractivity contribution is 0.201. The zero-order chi connectivity index (χ0) is 29.4. The Morgan fingerprint density at radius 3 is 1.58 bits per heavy atom. The maximum Gasteiger partial charge on any atom is 0.132 e. The van der Waals surface area contributed by atoms with Crippen LogP contribution in [-0.2, 0) is 5.41 Å². The summed E-state index contributed by atoms with van der Waals surface area (Å²) < 4.78 is 18.4. The maximum atomic E-state index is 9.39. The molecule has 214 valence electrons. The first-order valence-corrected chi connectivity index (χ1v) is 14.6. The normalized spacial score (nSPS) is 13.3. The average Bonchev–Trinajstić information content (AvgIpc) is 3.06. The Hall–Kier alpha value is -4.84. The van der Waals surface area contributed by atoms with Gasteiger partial charge in [0.2, 0.25) is 0 Å². The molecule has 7 rings (SSSR count). The molecule has 2 N–H and O–H groups in total. The number of fused-ring (bicyclic) bond motifs is 6. The minimum Gasteiger partial charge on any atom is -0.491 e. The van der Waals surface area contributed by atoms with Crippen LogP contribution in [0.3, 0.4) is 0 Å². The SMILES string of the molecule is CC1(c2ccc(-c3ccccc3)cc2)c2c(ccc3ccc(OCCO)cc23)Oc2ccc3ccc(OCCO)cc3c21. The number of benzene rings is 6. The molecule has 0 radical (unpaired) electrons. The van der Waals surface area contributed by atoms with E-state index in [0.717, 1.165) is 55.3 Å². The fourth-order valence-electron chi connectivity index (χ4n) is 6.42. The zero-order valence-electron chi connectivity index (χ0n) is 23.9. The van der Waals surface area contributed by atoms with Crippen molar-refractivity contribution in [1.29, 1.82) is 0 Å². The summed E-state index contributed by atoms with van der Waals surface area (Å²) in [5.41, 5.74) is 4.92. The molecule has 0 atom stereocenters. The van der Waals surface area contributed by atoms with Gasteiger partial charge >= 0.3 is 0 Å². The summed E-state index contributed by atoms with van der Waals surface area (Å²) >= 11 is 0. The fraction of sp³-hybridized carbons (Fsp3) is 0.158. The van der Waals surface area contributed by atoms with Crippen molar-refractivity contribution in [2.24, 2.45) is 0 Å². The van der Waals surface area contributed by atoms with Crippen LogP contribution in [-0.4, -0.2) is 36.6 Å². The molecular weight excluding hydrogens is 536 g/mol. The quantitative estimate of drug-likeness (QED) is 0.196. The summed E-state index contributed by atoms with van der Waals surface area (Å²) in [4.78, 5) is 0. The molecule has 5 nitrogen and oxygen atoms in total. The summed E-state index contributed by atoms with van der Waals surface area (Å²) in [6.45, 7) is 2.60. The third-order valence-corrected chi connectivity index (χ3v) is 8.42. The van der Waals surface area contributed by atoms with E-state index in [-0.39, 0.29) is 26.4 Å². The largest absolute Gasteiger partial charge is 0.491 e. The van der Waals surface area contributed by atoms with Gasteiger partial charge in [-0.1, -0.05) is 78.9 Å². The highest BCUT2D eigenvalue weighted by Gasteiger charge is 2.42.